The van der Waals surface area contributed by atoms with Crippen LogP contribution in [-0.4, -0.2) is 49.3 Å². The number of aliphatic hydroxyl groups is 2. The molecule has 0 aliphatic carbocycles. The molecule has 0 bridgehead atoms. The van der Waals surface area contributed by atoms with Crippen LogP contribution in [0.2, 0.25) is 0 Å². The van der Waals surface area contributed by atoms with Crippen molar-refractivity contribution >= 4 is 22.7 Å². The summed E-state index contributed by atoms with van der Waals surface area (Å²) in [6, 6.07) is 9.58. The number of aliphatic hydroxyl groups excluding tert-OH is 1. The van der Waals surface area contributed by atoms with Crippen molar-refractivity contribution in [1.29, 1.82) is 0 Å². The third kappa shape index (κ3) is 4.10. The first kappa shape index (κ1) is 20.4. The molecular weight excluding hydrogens is 376 g/mol. The van der Waals surface area contributed by atoms with E-state index in [0.717, 1.165) is 5.56 Å². The average Bonchev–Trinajstić information content (AvgIpc) is 2.99. The fourth-order valence-electron chi connectivity index (χ4n) is 3.28. The van der Waals surface area contributed by atoms with Crippen LogP contribution in [0.4, 0.5) is 0 Å². The maximum Gasteiger partial charge on any atom is 0.289 e. The van der Waals surface area contributed by atoms with E-state index in [1.807, 2.05) is 41.8 Å². The number of rotatable bonds is 8. The number of benzene rings is 1. The molecule has 0 aliphatic heterocycles. The number of carbonyl (C=O) groups is 2. The zero-order valence-corrected chi connectivity index (χ0v) is 16.1. The van der Waals surface area contributed by atoms with E-state index >= 15 is 0 Å². The summed E-state index contributed by atoms with van der Waals surface area (Å²) in [6.45, 7) is 3.46. The maximum atomic E-state index is 12.7. The number of fused-ring (bicyclic) bond motifs is 1. The molecule has 152 valence electrons. The lowest BCUT2D eigenvalue weighted by Crippen LogP contribution is -2.24. The number of nitrogens with zero attached hydrogens (tertiary/aromatic N) is 3. The van der Waals surface area contributed by atoms with Crippen molar-refractivity contribution in [2.75, 3.05) is 6.61 Å². The van der Waals surface area contributed by atoms with E-state index in [9.17, 15) is 9.59 Å². The van der Waals surface area contributed by atoms with E-state index < -0.39 is 24.6 Å². The van der Waals surface area contributed by atoms with E-state index in [-0.39, 0.29) is 16.8 Å². The first-order valence-electron chi connectivity index (χ1n) is 9.10. The summed E-state index contributed by atoms with van der Waals surface area (Å²) < 4.78 is 7.26. The van der Waals surface area contributed by atoms with E-state index in [4.69, 9.17) is 20.7 Å². The second-order valence-electron chi connectivity index (χ2n) is 6.51. The maximum absolute atomic E-state index is 12.7. The molecule has 0 saturated heterocycles. The first-order chi connectivity index (χ1) is 13.8. The van der Waals surface area contributed by atoms with Gasteiger partial charge in [-0.05, 0) is 18.9 Å². The van der Waals surface area contributed by atoms with E-state index in [1.165, 1.54) is 0 Å². The van der Waals surface area contributed by atoms with Gasteiger partial charge in [0, 0.05) is 12.2 Å². The van der Waals surface area contributed by atoms with Gasteiger partial charge in [0.2, 0.25) is 5.88 Å². The Balaban J connectivity index is 2.31. The Labute approximate surface area is 166 Å². The van der Waals surface area contributed by atoms with Gasteiger partial charge in [-0.1, -0.05) is 37.3 Å². The lowest BCUT2D eigenvalue weighted by molar-refractivity contribution is -0.114. The van der Waals surface area contributed by atoms with Gasteiger partial charge < -0.3 is 25.3 Å². The number of hydrogen-bond acceptors (Lipinski definition) is 7. The number of amides is 1. The highest BCUT2D eigenvalue weighted by molar-refractivity contribution is 6.45. The number of primary amides is 1. The van der Waals surface area contributed by atoms with Crippen molar-refractivity contribution in [1.82, 2.24) is 14.5 Å². The zero-order chi connectivity index (χ0) is 21.1. The zero-order valence-electron chi connectivity index (χ0n) is 16.1. The van der Waals surface area contributed by atoms with Gasteiger partial charge in [-0.15, -0.1) is 0 Å². The summed E-state index contributed by atoms with van der Waals surface area (Å²) in [6.07, 6.45) is -1.30. The first-order valence-corrected chi connectivity index (χ1v) is 9.10. The van der Waals surface area contributed by atoms with Crippen LogP contribution in [0, 0.1) is 6.92 Å². The number of carbonyl (C=O) groups excluding carboxylic acids is 2. The Morgan fingerprint density at radius 1 is 1.21 bits per heavy atom. The largest absolute Gasteiger partial charge is 0.472 e. The molecule has 0 fully saturated rings. The SMILES string of the molecule is CCc1c(C(=O)C(N)=O)c2c(OCC(O)O)nc(C)nc2n1Cc1ccccc1. The molecule has 3 rings (SSSR count). The fourth-order valence-corrected chi connectivity index (χ4v) is 3.28. The van der Waals surface area contributed by atoms with Crippen molar-refractivity contribution in [3.63, 3.8) is 0 Å². The highest BCUT2D eigenvalue weighted by Crippen LogP contribution is 2.33. The highest BCUT2D eigenvalue weighted by Gasteiger charge is 2.29. The third-order valence-corrected chi connectivity index (χ3v) is 4.43. The van der Waals surface area contributed by atoms with Gasteiger partial charge in [-0.3, -0.25) is 9.59 Å². The summed E-state index contributed by atoms with van der Waals surface area (Å²) in [5, 5.41) is 18.6. The monoisotopic (exact) mass is 398 g/mol. The van der Waals surface area contributed by atoms with E-state index in [1.54, 1.807) is 6.92 Å². The van der Waals surface area contributed by atoms with Crippen LogP contribution in [0.3, 0.4) is 0 Å². The smallest absolute Gasteiger partial charge is 0.289 e. The molecule has 0 unspecified atom stereocenters. The van der Waals surface area contributed by atoms with Crippen molar-refractivity contribution in [3.8, 4) is 5.88 Å². The minimum Gasteiger partial charge on any atom is -0.472 e. The molecule has 1 amide bonds. The fraction of sp³-hybridized carbons (Fsp3) is 0.300. The van der Waals surface area contributed by atoms with Crippen molar-refractivity contribution in [3.05, 3.63) is 53.0 Å². The molecule has 0 aliphatic rings. The molecule has 3 aromatic rings. The number of aryl methyl sites for hydroxylation is 1. The molecule has 0 spiro atoms. The molecule has 29 heavy (non-hydrogen) atoms. The van der Waals surface area contributed by atoms with Crippen molar-refractivity contribution < 1.29 is 24.5 Å². The standard InChI is InChI=1S/C20H22N4O5/c1-3-13-15(17(27)18(21)28)16-19(24(13)9-12-7-5-4-6-8-12)22-11(2)23-20(16)29-10-14(25)26/h4-8,14,25-26H,3,9-10H2,1-2H3,(H2,21,28). The molecule has 0 saturated carbocycles. The molecule has 9 heteroatoms. The summed E-state index contributed by atoms with van der Waals surface area (Å²) in [5.41, 5.74) is 7.32. The van der Waals surface area contributed by atoms with Gasteiger partial charge in [0.25, 0.3) is 11.7 Å². The lowest BCUT2D eigenvalue weighted by atomic mass is 10.1. The third-order valence-electron chi connectivity index (χ3n) is 4.43. The van der Waals surface area contributed by atoms with Crippen LogP contribution in [-0.2, 0) is 17.8 Å². The summed E-state index contributed by atoms with van der Waals surface area (Å²) in [7, 11) is 0. The Morgan fingerprint density at radius 2 is 1.90 bits per heavy atom. The van der Waals surface area contributed by atoms with Crippen LogP contribution in [0.5, 0.6) is 5.88 Å². The minimum atomic E-state index is -1.73. The second-order valence-corrected chi connectivity index (χ2v) is 6.51. The number of Topliss-reactive ketones (excluding diaryl/α,β-unsaturated/α-hetero) is 1. The quantitative estimate of drug-likeness (QED) is 0.288. The summed E-state index contributed by atoms with van der Waals surface area (Å²) in [4.78, 5) is 33.1. The molecule has 4 N–H and O–H groups in total. The predicted octanol–water partition coefficient (Wildman–Crippen LogP) is 0.708. The van der Waals surface area contributed by atoms with Gasteiger partial charge in [0.15, 0.2) is 6.29 Å². The Kier molecular flexibility index (Phi) is 5.90. The number of nitrogens with two attached hydrogens (primary N) is 1. The van der Waals surface area contributed by atoms with Crippen molar-refractivity contribution in [2.24, 2.45) is 5.73 Å². The Morgan fingerprint density at radius 3 is 2.48 bits per heavy atom. The molecule has 9 nitrogen and oxygen atoms in total. The summed E-state index contributed by atoms with van der Waals surface area (Å²) in [5.74, 6) is -1.62. The van der Waals surface area contributed by atoms with Crippen LogP contribution < -0.4 is 10.5 Å². The highest BCUT2D eigenvalue weighted by atomic mass is 16.5. The van der Waals surface area contributed by atoms with Gasteiger partial charge in [-0.2, -0.15) is 4.98 Å². The predicted molar refractivity (Wildman–Crippen MR) is 104 cm³/mol. The van der Waals surface area contributed by atoms with Crippen LogP contribution >= 0.6 is 0 Å². The molecule has 2 aromatic heterocycles. The topological polar surface area (TPSA) is 141 Å². The van der Waals surface area contributed by atoms with Crippen LogP contribution in [0.1, 0.15) is 34.4 Å². The number of hydrogen-bond donors (Lipinski definition) is 3. The second kappa shape index (κ2) is 8.38. The van der Waals surface area contributed by atoms with E-state index in [0.29, 0.717) is 30.1 Å². The van der Waals surface area contributed by atoms with Gasteiger partial charge in [-0.25, -0.2) is 4.98 Å². The van der Waals surface area contributed by atoms with E-state index in [2.05, 4.69) is 9.97 Å². The molecular formula is C20H22N4O5. The molecule has 0 radical (unpaired) electrons. The average molecular weight is 398 g/mol. The number of ether oxygens (including phenoxy) is 1. The molecule has 0 atom stereocenters. The Hall–Kier alpha value is -3.30. The van der Waals surface area contributed by atoms with Gasteiger partial charge >= 0.3 is 0 Å². The van der Waals surface area contributed by atoms with Gasteiger partial charge in [0.1, 0.15) is 18.1 Å². The number of ketones is 1. The Bertz CT molecular complexity index is 1060. The summed E-state index contributed by atoms with van der Waals surface area (Å²) >= 11 is 0. The molecule has 1 aromatic carbocycles. The van der Waals surface area contributed by atoms with Crippen LogP contribution in [0.15, 0.2) is 30.3 Å². The lowest BCUT2D eigenvalue weighted by Gasteiger charge is -2.11. The normalized spacial score (nSPS) is 11.2. The van der Waals surface area contributed by atoms with Crippen molar-refractivity contribution in [2.45, 2.75) is 33.1 Å². The number of aromatic nitrogens is 3. The minimum absolute atomic E-state index is 0.00767. The van der Waals surface area contributed by atoms with Crippen LogP contribution in [0.25, 0.3) is 11.0 Å². The molecule has 2 heterocycles. The van der Waals surface area contributed by atoms with Gasteiger partial charge in [0.05, 0.1) is 10.9 Å².